The van der Waals surface area contributed by atoms with Gasteiger partial charge in [0.1, 0.15) is 5.76 Å². The van der Waals surface area contributed by atoms with Gasteiger partial charge in [0.15, 0.2) is 0 Å². The van der Waals surface area contributed by atoms with Gasteiger partial charge in [-0.3, -0.25) is 4.90 Å². The van der Waals surface area contributed by atoms with Gasteiger partial charge in [-0.15, -0.1) is 0 Å². The van der Waals surface area contributed by atoms with E-state index in [4.69, 9.17) is 14.1 Å². The third-order valence-electron chi connectivity index (χ3n) is 4.83. The molecule has 0 radical (unpaired) electrons. The van der Waals surface area contributed by atoms with Gasteiger partial charge in [-0.1, -0.05) is 0 Å². The zero-order valence-electron chi connectivity index (χ0n) is 13.8. The summed E-state index contributed by atoms with van der Waals surface area (Å²) in [6.07, 6.45) is 6.52. The normalized spacial score (nSPS) is 21.5. The van der Waals surface area contributed by atoms with E-state index in [2.05, 4.69) is 16.4 Å². The number of fused-ring (bicyclic) bond motifs is 1. The van der Waals surface area contributed by atoms with Crippen molar-refractivity contribution >= 4 is 0 Å². The maximum absolute atomic E-state index is 5.77. The Morgan fingerprint density at radius 1 is 1.39 bits per heavy atom. The van der Waals surface area contributed by atoms with Crippen LogP contribution in [0.3, 0.4) is 0 Å². The lowest BCUT2D eigenvalue weighted by Gasteiger charge is -2.32. The van der Waals surface area contributed by atoms with Crippen molar-refractivity contribution in [2.45, 2.75) is 45.3 Å². The Balaban J connectivity index is 1.54. The summed E-state index contributed by atoms with van der Waals surface area (Å²) in [5.74, 6) is 2.28. The summed E-state index contributed by atoms with van der Waals surface area (Å²) in [6.45, 7) is 7.47. The van der Waals surface area contributed by atoms with Gasteiger partial charge in [0.05, 0.1) is 31.4 Å². The molecule has 5 nitrogen and oxygen atoms in total. The number of aromatic nitrogens is 2. The predicted molar refractivity (Wildman–Crippen MR) is 87.0 cm³/mol. The summed E-state index contributed by atoms with van der Waals surface area (Å²) in [4.78, 5) is 7.13. The first-order chi connectivity index (χ1) is 11.3. The lowest BCUT2D eigenvalue weighted by atomic mass is 9.98. The molecule has 1 aliphatic heterocycles. The third-order valence-corrected chi connectivity index (χ3v) is 4.83. The Kier molecular flexibility index (Phi) is 4.23. The Hall–Kier alpha value is -1.59. The number of ether oxygens (including phenoxy) is 1. The van der Waals surface area contributed by atoms with E-state index >= 15 is 0 Å². The van der Waals surface area contributed by atoms with Crippen LogP contribution in [0.1, 0.15) is 42.8 Å². The molecule has 2 aliphatic rings. The molecule has 2 aromatic heterocycles. The number of nitrogens with zero attached hydrogens (tertiary/aromatic N) is 3. The fraction of sp³-hybridized carbons (Fsp3) is 0.611. The highest BCUT2D eigenvalue weighted by atomic mass is 16.5. The van der Waals surface area contributed by atoms with Crippen molar-refractivity contribution < 1.29 is 9.15 Å². The molecule has 1 fully saturated rings. The molecule has 1 saturated carbocycles. The highest BCUT2D eigenvalue weighted by Gasteiger charge is 2.32. The van der Waals surface area contributed by atoms with Crippen molar-refractivity contribution in [1.29, 1.82) is 0 Å². The summed E-state index contributed by atoms with van der Waals surface area (Å²) < 4.78 is 13.7. The molecule has 0 saturated heterocycles. The van der Waals surface area contributed by atoms with Crippen LogP contribution in [0.15, 0.2) is 29.1 Å². The Labute approximate surface area is 137 Å². The average Bonchev–Trinajstić information content (AvgIpc) is 3.05. The second-order valence-corrected chi connectivity index (χ2v) is 6.78. The van der Waals surface area contributed by atoms with E-state index in [1.54, 1.807) is 6.26 Å². The molecular weight excluding hydrogens is 290 g/mol. The molecule has 1 atom stereocenters. The molecule has 4 rings (SSSR count). The van der Waals surface area contributed by atoms with Gasteiger partial charge in [0.25, 0.3) is 0 Å². The topological polar surface area (TPSA) is 43.4 Å². The summed E-state index contributed by atoms with van der Waals surface area (Å²) in [5.41, 5.74) is 2.62. The molecule has 3 heterocycles. The van der Waals surface area contributed by atoms with Gasteiger partial charge in [-0.05, 0) is 37.8 Å². The predicted octanol–water partition coefficient (Wildman–Crippen LogP) is 3.02. The molecule has 1 unspecified atom stereocenters. The fourth-order valence-corrected chi connectivity index (χ4v) is 3.56. The summed E-state index contributed by atoms with van der Waals surface area (Å²) in [5, 5.41) is 0. The van der Waals surface area contributed by atoms with Crippen LogP contribution in [0.25, 0.3) is 0 Å². The van der Waals surface area contributed by atoms with Gasteiger partial charge in [-0.2, -0.15) is 0 Å². The summed E-state index contributed by atoms with van der Waals surface area (Å²) in [6, 6.07) is 3.99. The monoisotopic (exact) mass is 315 g/mol. The van der Waals surface area contributed by atoms with Crippen molar-refractivity contribution in [3.8, 4) is 0 Å². The van der Waals surface area contributed by atoms with Crippen LogP contribution in [0.5, 0.6) is 0 Å². The number of imidazole rings is 1. The van der Waals surface area contributed by atoms with E-state index in [0.29, 0.717) is 5.92 Å². The number of rotatable bonds is 7. The van der Waals surface area contributed by atoms with Gasteiger partial charge < -0.3 is 13.7 Å². The molecular formula is C18H25N3O2. The summed E-state index contributed by atoms with van der Waals surface area (Å²) >= 11 is 0. The van der Waals surface area contributed by atoms with E-state index in [1.807, 2.05) is 18.5 Å². The van der Waals surface area contributed by atoms with Crippen LogP contribution in [0, 0.1) is 5.92 Å². The lowest BCUT2D eigenvalue weighted by molar-refractivity contribution is 0.0993. The molecule has 2 aromatic rings. The summed E-state index contributed by atoms with van der Waals surface area (Å²) in [7, 11) is 0. The maximum atomic E-state index is 5.77. The van der Waals surface area contributed by atoms with Crippen LogP contribution in [-0.2, 0) is 24.4 Å². The minimum atomic E-state index is 0.398. The van der Waals surface area contributed by atoms with Crippen molar-refractivity contribution in [2.24, 2.45) is 5.92 Å². The number of furan rings is 1. The van der Waals surface area contributed by atoms with Gasteiger partial charge in [0, 0.05) is 37.9 Å². The first kappa shape index (κ1) is 15.0. The molecule has 0 spiro atoms. The second kappa shape index (κ2) is 6.49. The zero-order chi connectivity index (χ0) is 15.6. The smallest absolute Gasteiger partial charge is 0.117 e. The van der Waals surface area contributed by atoms with Gasteiger partial charge in [0.2, 0.25) is 0 Å². The fourth-order valence-electron chi connectivity index (χ4n) is 3.56. The Bertz CT molecular complexity index is 631. The van der Waals surface area contributed by atoms with Crippen LogP contribution in [0.2, 0.25) is 0 Å². The minimum absolute atomic E-state index is 0.398. The van der Waals surface area contributed by atoms with E-state index in [1.165, 1.54) is 24.2 Å². The van der Waals surface area contributed by atoms with Gasteiger partial charge in [-0.25, -0.2) is 4.98 Å². The average molecular weight is 315 g/mol. The molecule has 0 N–H and O–H groups in total. The van der Waals surface area contributed by atoms with Crippen molar-refractivity contribution in [3.63, 3.8) is 0 Å². The van der Waals surface area contributed by atoms with Crippen molar-refractivity contribution in [3.05, 3.63) is 41.9 Å². The SMILES string of the molecule is CCOCC1CN(Cc2ccco2)Cc2ncn(CC3CC3)c21. The second-order valence-electron chi connectivity index (χ2n) is 6.78. The Morgan fingerprint density at radius 3 is 3.04 bits per heavy atom. The van der Waals surface area contributed by atoms with Crippen molar-refractivity contribution in [2.75, 3.05) is 19.8 Å². The standard InChI is InChI=1S/C18H25N3O2/c1-2-22-12-15-9-20(10-16-4-3-7-23-16)11-17-18(15)21(13-19-17)8-14-5-6-14/h3-4,7,13-15H,2,5-6,8-12H2,1H3. The highest BCUT2D eigenvalue weighted by molar-refractivity contribution is 5.22. The first-order valence-corrected chi connectivity index (χ1v) is 8.70. The molecule has 23 heavy (non-hydrogen) atoms. The molecule has 5 heteroatoms. The molecule has 0 aromatic carbocycles. The largest absolute Gasteiger partial charge is 0.468 e. The third kappa shape index (κ3) is 3.35. The molecule has 0 bridgehead atoms. The van der Waals surface area contributed by atoms with E-state index in [9.17, 15) is 0 Å². The maximum Gasteiger partial charge on any atom is 0.117 e. The molecule has 124 valence electrons. The molecule has 1 aliphatic carbocycles. The lowest BCUT2D eigenvalue weighted by Crippen LogP contribution is -2.36. The quantitative estimate of drug-likeness (QED) is 0.788. The van der Waals surface area contributed by atoms with E-state index in [-0.39, 0.29) is 0 Å². The van der Waals surface area contributed by atoms with Gasteiger partial charge >= 0.3 is 0 Å². The molecule has 0 amide bonds. The van der Waals surface area contributed by atoms with E-state index in [0.717, 1.165) is 51.1 Å². The number of hydrogen-bond acceptors (Lipinski definition) is 4. The zero-order valence-corrected chi connectivity index (χ0v) is 13.8. The highest BCUT2D eigenvalue weighted by Crippen LogP contribution is 2.34. The Morgan fingerprint density at radius 2 is 2.30 bits per heavy atom. The van der Waals surface area contributed by atoms with Crippen molar-refractivity contribution in [1.82, 2.24) is 14.5 Å². The van der Waals surface area contributed by atoms with Crippen LogP contribution < -0.4 is 0 Å². The van der Waals surface area contributed by atoms with Crippen LogP contribution in [0.4, 0.5) is 0 Å². The first-order valence-electron chi connectivity index (χ1n) is 8.70. The van der Waals surface area contributed by atoms with E-state index < -0.39 is 0 Å². The van der Waals surface area contributed by atoms with Crippen LogP contribution in [-0.4, -0.2) is 34.2 Å². The van der Waals surface area contributed by atoms with Crippen LogP contribution >= 0.6 is 0 Å². The number of hydrogen-bond donors (Lipinski definition) is 0. The minimum Gasteiger partial charge on any atom is -0.468 e.